The number of nitrogens with one attached hydrogen (secondary N) is 1. The quantitative estimate of drug-likeness (QED) is 0.260. The largest absolute Gasteiger partial charge is 0.354 e. The molecule has 0 radical (unpaired) electrons. The Balaban J connectivity index is 2.02. The van der Waals surface area contributed by atoms with E-state index in [4.69, 9.17) is 11.6 Å². The van der Waals surface area contributed by atoms with E-state index in [-0.39, 0.29) is 23.0 Å². The summed E-state index contributed by atoms with van der Waals surface area (Å²) in [6.45, 7) is 5.60. The number of carbonyl (C=O) groups is 2. The van der Waals surface area contributed by atoms with Gasteiger partial charge in [0.25, 0.3) is 10.0 Å². The van der Waals surface area contributed by atoms with Gasteiger partial charge in [-0.2, -0.15) is 0 Å². The van der Waals surface area contributed by atoms with Gasteiger partial charge >= 0.3 is 0 Å². The SMILES string of the molecule is CCCCNC(=O)C(CC)N(Cc1ccc(Cl)cc1)C(=O)CN(c1ccc(F)cc1)S(=O)(=O)c1ccc(C)cc1. The Hall–Kier alpha value is -3.43. The van der Waals surface area contributed by atoms with Gasteiger partial charge in [-0.05, 0) is 73.9 Å². The van der Waals surface area contributed by atoms with E-state index in [1.165, 1.54) is 29.2 Å². The number of amides is 2. The molecule has 1 unspecified atom stereocenters. The molecule has 10 heteroatoms. The summed E-state index contributed by atoms with van der Waals surface area (Å²) in [6, 6.07) is 17.2. The van der Waals surface area contributed by atoms with E-state index in [0.717, 1.165) is 40.4 Å². The smallest absolute Gasteiger partial charge is 0.264 e. The molecule has 1 atom stereocenters. The fourth-order valence-corrected chi connectivity index (χ4v) is 5.73. The fourth-order valence-electron chi connectivity index (χ4n) is 4.19. The molecule has 2 amide bonds. The Morgan fingerprint density at radius 3 is 2.15 bits per heavy atom. The molecule has 0 heterocycles. The number of hydrogen-bond acceptors (Lipinski definition) is 4. The maximum absolute atomic E-state index is 14.0. The normalized spacial score (nSPS) is 12.0. The van der Waals surface area contributed by atoms with Crippen LogP contribution in [0.4, 0.5) is 10.1 Å². The summed E-state index contributed by atoms with van der Waals surface area (Å²) in [4.78, 5) is 28.5. The van der Waals surface area contributed by atoms with Gasteiger partial charge in [-0.1, -0.05) is 61.7 Å². The lowest BCUT2D eigenvalue weighted by Gasteiger charge is -2.33. The van der Waals surface area contributed by atoms with Crippen LogP contribution in [0.3, 0.4) is 0 Å². The molecule has 0 aliphatic heterocycles. The number of carbonyl (C=O) groups excluding carboxylic acids is 2. The standard InChI is InChI=1S/C30H35ClFN3O4S/c1-4-6-19-33-30(37)28(5-2)34(20-23-9-11-24(31)12-10-23)29(36)21-35(26-15-13-25(32)14-16-26)40(38,39)27-17-7-22(3)8-18-27/h7-18,28H,4-6,19-21H2,1-3H3,(H,33,37). The van der Waals surface area contributed by atoms with Crippen molar-refractivity contribution in [1.29, 1.82) is 0 Å². The van der Waals surface area contributed by atoms with E-state index in [0.29, 0.717) is 18.0 Å². The third kappa shape index (κ3) is 8.05. The summed E-state index contributed by atoms with van der Waals surface area (Å²) in [5.41, 5.74) is 1.73. The van der Waals surface area contributed by atoms with Crippen LogP contribution in [0.25, 0.3) is 0 Å². The molecule has 0 fully saturated rings. The van der Waals surface area contributed by atoms with Crippen LogP contribution in [-0.2, 0) is 26.2 Å². The number of unbranched alkanes of at least 4 members (excludes halogenated alkanes) is 1. The van der Waals surface area contributed by atoms with Gasteiger partial charge in [0.15, 0.2) is 0 Å². The lowest BCUT2D eigenvalue weighted by molar-refractivity contribution is -0.140. The molecule has 3 aromatic carbocycles. The second-order valence-electron chi connectivity index (χ2n) is 9.52. The average Bonchev–Trinajstić information content (AvgIpc) is 2.93. The third-order valence-electron chi connectivity index (χ3n) is 6.48. The van der Waals surface area contributed by atoms with Crippen LogP contribution < -0.4 is 9.62 Å². The van der Waals surface area contributed by atoms with Gasteiger partial charge in [0.05, 0.1) is 10.6 Å². The molecule has 0 saturated carbocycles. The van der Waals surface area contributed by atoms with Crippen LogP contribution in [0.15, 0.2) is 77.7 Å². The van der Waals surface area contributed by atoms with Gasteiger partial charge in [0, 0.05) is 18.1 Å². The molecule has 40 heavy (non-hydrogen) atoms. The highest BCUT2D eigenvalue weighted by Crippen LogP contribution is 2.25. The number of benzene rings is 3. The minimum absolute atomic E-state index is 0.0103. The molecule has 7 nitrogen and oxygen atoms in total. The van der Waals surface area contributed by atoms with Gasteiger partial charge < -0.3 is 10.2 Å². The van der Waals surface area contributed by atoms with Crippen molar-refractivity contribution in [3.63, 3.8) is 0 Å². The van der Waals surface area contributed by atoms with Crippen molar-refractivity contribution in [2.45, 2.75) is 57.5 Å². The van der Waals surface area contributed by atoms with Crippen LogP contribution >= 0.6 is 11.6 Å². The first-order valence-electron chi connectivity index (χ1n) is 13.2. The summed E-state index contributed by atoms with van der Waals surface area (Å²) < 4.78 is 42.3. The summed E-state index contributed by atoms with van der Waals surface area (Å²) >= 11 is 6.04. The highest BCUT2D eigenvalue weighted by Gasteiger charge is 2.33. The van der Waals surface area contributed by atoms with Crippen molar-refractivity contribution in [1.82, 2.24) is 10.2 Å². The zero-order chi connectivity index (χ0) is 29.3. The van der Waals surface area contributed by atoms with E-state index in [1.54, 1.807) is 43.3 Å². The van der Waals surface area contributed by atoms with Crippen molar-refractivity contribution in [2.24, 2.45) is 0 Å². The summed E-state index contributed by atoms with van der Waals surface area (Å²) in [5, 5.41) is 3.42. The summed E-state index contributed by atoms with van der Waals surface area (Å²) in [6.07, 6.45) is 2.01. The highest BCUT2D eigenvalue weighted by atomic mass is 35.5. The van der Waals surface area contributed by atoms with Crippen molar-refractivity contribution < 1.29 is 22.4 Å². The molecular formula is C30H35ClFN3O4S. The molecule has 214 valence electrons. The first kappa shape index (κ1) is 31.1. The van der Waals surface area contributed by atoms with Crippen molar-refractivity contribution >= 4 is 39.1 Å². The lowest BCUT2D eigenvalue weighted by Crippen LogP contribution is -2.52. The highest BCUT2D eigenvalue weighted by molar-refractivity contribution is 7.92. The van der Waals surface area contributed by atoms with E-state index in [2.05, 4.69) is 5.32 Å². The summed E-state index contributed by atoms with van der Waals surface area (Å²) in [5.74, 6) is -1.43. The Kier molecular flexibility index (Phi) is 11.1. The van der Waals surface area contributed by atoms with E-state index in [9.17, 15) is 22.4 Å². The molecular weight excluding hydrogens is 553 g/mol. The van der Waals surface area contributed by atoms with Gasteiger partial charge in [-0.15, -0.1) is 0 Å². The monoisotopic (exact) mass is 587 g/mol. The van der Waals surface area contributed by atoms with Crippen LogP contribution in [0.5, 0.6) is 0 Å². The number of nitrogens with zero attached hydrogens (tertiary/aromatic N) is 2. The zero-order valence-electron chi connectivity index (χ0n) is 22.9. The second kappa shape index (κ2) is 14.3. The predicted molar refractivity (Wildman–Crippen MR) is 156 cm³/mol. The Labute approximate surface area is 241 Å². The molecule has 1 N–H and O–H groups in total. The van der Waals surface area contributed by atoms with Crippen molar-refractivity contribution in [3.05, 3.63) is 94.8 Å². The molecule has 3 rings (SSSR count). The second-order valence-corrected chi connectivity index (χ2v) is 11.8. The molecule has 0 aliphatic rings. The number of rotatable bonds is 13. The minimum atomic E-state index is -4.22. The van der Waals surface area contributed by atoms with Crippen LogP contribution in [-0.4, -0.2) is 44.3 Å². The van der Waals surface area contributed by atoms with Gasteiger partial charge in [-0.3, -0.25) is 13.9 Å². The first-order valence-corrected chi connectivity index (χ1v) is 15.0. The number of anilines is 1. The molecule has 0 spiro atoms. The molecule has 3 aromatic rings. The number of aryl methyl sites for hydroxylation is 1. The van der Waals surface area contributed by atoms with Crippen molar-refractivity contribution in [3.8, 4) is 0 Å². The Morgan fingerprint density at radius 1 is 0.950 bits per heavy atom. The van der Waals surface area contributed by atoms with Gasteiger partial charge in [-0.25, -0.2) is 12.8 Å². The average molecular weight is 588 g/mol. The third-order valence-corrected chi connectivity index (χ3v) is 8.52. The van der Waals surface area contributed by atoms with Crippen LogP contribution in [0.2, 0.25) is 5.02 Å². The zero-order valence-corrected chi connectivity index (χ0v) is 24.5. The molecule has 0 bridgehead atoms. The number of hydrogen-bond donors (Lipinski definition) is 1. The van der Waals surface area contributed by atoms with Gasteiger partial charge in [0.1, 0.15) is 18.4 Å². The van der Waals surface area contributed by atoms with E-state index in [1.807, 2.05) is 13.8 Å². The Bertz CT molecular complexity index is 1380. The topological polar surface area (TPSA) is 86.8 Å². The number of sulfonamides is 1. The van der Waals surface area contributed by atoms with E-state index >= 15 is 0 Å². The number of halogens is 2. The maximum Gasteiger partial charge on any atom is 0.264 e. The molecule has 0 aliphatic carbocycles. The lowest BCUT2D eigenvalue weighted by atomic mass is 10.1. The minimum Gasteiger partial charge on any atom is -0.354 e. The van der Waals surface area contributed by atoms with Gasteiger partial charge in [0.2, 0.25) is 11.8 Å². The first-order chi connectivity index (χ1) is 19.1. The predicted octanol–water partition coefficient (Wildman–Crippen LogP) is 5.71. The summed E-state index contributed by atoms with van der Waals surface area (Å²) in [7, 11) is -4.22. The Morgan fingerprint density at radius 2 is 1.57 bits per heavy atom. The maximum atomic E-state index is 14.0. The van der Waals surface area contributed by atoms with E-state index < -0.39 is 34.3 Å². The fraction of sp³-hybridized carbons (Fsp3) is 0.333. The molecule has 0 aromatic heterocycles. The molecule has 0 saturated heterocycles. The van der Waals surface area contributed by atoms with Crippen molar-refractivity contribution in [2.75, 3.05) is 17.4 Å². The van der Waals surface area contributed by atoms with Crippen LogP contribution in [0.1, 0.15) is 44.2 Å². The van der Waals surface area contributed by atoms with Crippen LogP contribution in [0, 0.1) is 12.7 Å².